The van der Waals surface area contributed by atoms with Crippen molar-refractivity contribution in [2.75, 3.05) is 10.6 Å². The molecule has 0 aliphatic heterocycles. The number of aryl methyl sites for hydroxylation is 1. The van der Waals surface area contributed by atoms with Crippen LogP contribution in [0.3, 0.4) is 0 Å². The number of para-hydroxylation sites is 1. The Morgan fingerprint density at radius 3 is 2.48 bits per heavy atom. The van der Waals surface area contributed by atoms with Crippen LogP contribution in [0.4, 0.5) is 20.6 Å². The number of anilines is 2. The van der Waals surface area contributed by atoms with Crippen LogP contribution in [0.5, 0.6) is 0 Å². The minimum absolute atomic E-state index is 0.308. The SMILES string of the molecule is Cc1cccc(NC(=O)Nc2ccccc2-c2csc(-c3ccccc3F)n2)c1. The molecule has 4 nitrogen and oxygen atoms in total. The molecule has 6 heteroatoms. The van der Waals surface area contributed by atoms with E-state index in [2.05, 4.69) is 15.6 Å². The van der Waals surface area contributed by atoms with Crippen molar-refractivity contribution < 1.29 is 9.18 Å². The zero-order valence-corrected chi connectivity index (χ0v) is 16.5. The summed E-state index contributed by atoms with van der Waals surface area (Å²) in [4.78, 5) is 17.0. The van der Waals surface area contributed by atoms with Crippen molar-refractivity contribution in [1.29, 1.82) is 0 Å². The van der Waals surface area contributed by atoms with E-state index in [4.69, 9.17) is 0 Å². The van der Waals surface area contributed by atoms with E-state index in [0.29, 0.717) is 22.0 Å². The Kier molecular flexibility index (Phi) is 5.35. The maximum absolute atomic E-state index is 14.1. The van der Waals surface area contributed by atoms with Crippen molar-refractivity contribution in [2.24, 2.45) is 0 Å². The highest BCUT2D eigenvalue weighted by Crippen LogP contribution is 2.33. The predicted molar refractivity (Wildman–Crippen MR) is 117 cm³/mol. The molecule has 0 bridgehead atoms. The first-order valence-electron chi connectivity index (χ1n) is 9.04. The molecule has 4 aromatic rings. The first-order valence-corrected chi connectivity index (χ1v) is 9.92. The summed E-state index contributed by atoms with van der Waals surface area (Å²) >= 11 is 1.36. The standard InChI is InChI=1S/C23H18FN3OS/c1-15-7-6-8-16(13-15)25-23(28)27-20-12-5-3-10-18(20)21-14-29-22(26-21)17-9-2-4-11-19(17)24/h2-14H,1H3,(H2,25,27,28). The number of carbonyl (C=O) groups excluding carboxylic acids is 1. The van der Waals surface area contributed by atoms with Crippen LogP contribution < -0.4 is 10.6 Å². The smallest absolute Gasteiger partial charge is 0.308 e. The Balaban J connectivity index is 1.58. The molecule has 0 spiro atoms. The van der Waals surface area contributed by atoms with E-state index in [9.17, 15) is 9.18 Å². The molecule has 4 rings (SSSR count). The number of aromatic nitrogens is 1. The van der Waals surface area contributed by atoms with Gasteiger partial charge < -0.3 is 10.6 Å². The molecule has 3 aromatic carbocycles. The van der Waals surface area contributed by atoms with E-state index in [0.717, 1.165) is 16.8 Å². The van der Waals surface area contributed by atoms with Crippen LogP contribution in [0.2, 0.25) is 0 Å². The summed E-state index contributed by atoms with van der Waals surface area (Å²) < 4.78 is 14.1. The Bertz CT molecular complexity index is 1170. The molecule has 0 saturated carbocycles. The second-order valence-electron chi connectivity index (χ2n) is 6.51. The Morgan fingerprint density at radius 2 is 1.69 bits per heavy atom. The molecule has 0 unspecified atom stereocenters. The predicted octanol–water partition coefficient (Wildman–Crippen LogP) is 6.57. The number of urea groups is 1. The van der Waals surface area contributed by atoms with Crippen LogP contribution >= 0.6 is 11.3 Å². The van der Waals surface area contributed by atoms with Gasteiger partial charge in [-0.15, -0.1) is 11.3 Å². The highest BCUT2D eigenvalue weighted by molar-refractivity contribution is 7.13. The zero-order valence-electron chi connectivity index (χ0n) is 15.6. The van der Waals surface area contributed by atoms with Gasteiger partial charge in [-0.25, -0.2) is 14.2 Å². The molecule has 2 amide bonds. The lowest BCUT2D eigenvalue weighted by molar-refractivity contribution is 0.262. The van der Waals surface area contributed by atoms with E-state index in [1.165, 1.54) is 17.4 Å². The third-order valence-corrected chi connectivity index (χ3v) is 5.21. The van der Waals surface area contributed by atoms with Gasteiger partial charge in [-0.05, 0) is 42.8 Å². The maximum atomic E-state index is 14.1. The molecule has 29 heavy (non-hydrogen) atoms. The Morgan fingerprint density at radius 1 is 0.931 bits per heavy atom. The molecule has 0 saturated heterocycles. The lowest BCUT2D eigenvalue weighted by Gasteiger charge is -2.11. The van der Waals surface area contributed by atoms with Crippen LogP contribution in [0, 0.1) is 12.7 Å². The summed E-state index contributed by atoms with van der Waals surface area (Å²) in [6.07, 6.45) is 0. The highest BCUT2D eigenvalue weighted by Gasteiger charge is 2.14. The molecule has 1 aromatic heterocycles. The van der Waals surface area contributed by atoms with Gasteiger partial charge in [-0.3, -0.25) is 0 Å². The summed E-state index contributed by atoms with van der Waals surface area (Å²) in [6.45, 7) is 1.97. The summed E-state index contributed by atoms with van der Waals surface area (Å²) in [7, 11) is 0. The summed E-state index contributed by atoms with van der Waals surface area (Å²) in [5.74, 6) is -0.308. The number of halogens is 1. The maximum Gasteiger partial charge on any atom is 0.323 e. The number of hydrogen-bond donors (Lipinski definition) is 2. The summed E-state index contributed by atoms with van der Waals surface area (Å²) in [5, 5.41) is 8.17. The number of nitrogens with one attached hydrogen (secondary N) is 2. The van der Waals surface area contributed by atoms with Gasteiger partial charge in [0, 0.05) is 22.2 Å². The first-order chi connectivity index (χ1) is 14.1. The van der Waals surface area contributed by atoms with Gasteiger partial charge in [-0.1, -0.05) is 42.5 Å². The monoisotopic (exact) mass is 403 g/mol. The van der Waals surface area contributed by atoms with Crippen molar-refractivity contribution in [3.63, 3.8) is 0 Å². The average Bonchev–Trinajstić information content (AvgIpc) is 3.18. The van der Waals surface area contributed by atoms with Crippen molar-refractivity contribution in [3.05, 3.63) is 89.6 Å². The third kappa shape index (κ3) is 4.33. The largest absolute Gasteiger partial charge is 0.323 e. The Labute approximate surface area is 172 Å². The topological polar surface area (TPSA) is 54.0 Å². The zero-order chi connectivity index (χ0) is 20.2. The number of thiazole rings is 1. The fraction of sp³-hybridized carbons (Fsp3) is 0.0435. The molecule has 0 atom stereocenters. The van der Waals surface area contributed by atoms with Crippen LogP contribution in [0.15, 0.2) is 78.2 Å². The average molecular weight is 403 g/mol. The van der Waals surface area contributed by atoms with Gasteiger partial charge in [0.15, 0.2) is 0 Å². The minimum atomic E-state index is -0.340. The molecule has 1 heterocycles. The second kappa shape index (κ2) is 8.24. The van der Waals surface area contributed by atoms with E-state index in [1.54, 1.807) is 18.2 Å². The van der Waals surface area contributed by atoms with Crippen LogP contribution in [0.25, 0.3) is 21.8 Å². The van der Waals surface area contributed by atoms with Crippen molar-refractivity contribution >= 4 is 28.7 Å². The van der Waals surface area contributed by atoms with E-state index < -0.39 is 0 Å². The van der Waals surface area contributed by atoms with Crippen molar-refractivity contribution in [1.82, 2.24) is 4.98 Å². The summed E-state index contributed by atoms with van der Waals surface area (Å²) in [6, 6.07) is 21.2. The number of carbonyl (C=O) groups is 1. The number of benzene rings is 3. The van der Waals surface area contributed by atoms with Crippen LogP contribution in [-0.2, 0) is 0 Å². The lowest BCUT2D eigenvalue weighted by atomic mass is 10.1. The quantitative estimate of drug-likeness (QED) is 0.405. The van der Waals surface area contributed by atoms with Gasteiger partial charge in [-0.2, -0.15) is 0 Å². The van der Waals surface area contributed by atoms with E-state index in [1.807, 2.05) is 60.8 Å². The third-order valence-electron chi connectivity index (χ3n) is 4.34. The molecule has 144 valence electrons. The first kappa shape index (κ1) is 18.8. The number of amides is 2. The van der Waals surface area contributed by atoms with Crippen LogP contribution in [0.1, 0.15) is 5.56 Å². The van der Waals surface area contributed by atoms with Gasteiger partial charge in [0.2, 0.25) is 0 Å². The fourth-order valence-corrected chi connectivity index (χ4v) is 3.83. The van der Waals surface area contributed by atoms with Gasteiger partial charge in [0.25, 0.3) is 0 Å². The molecule has 0 radical (unpaired) electrons. The fourth-order valence-electron chi connectivity index (χ4n) is 2.98. The van der Waals surface area contributed by atoms with Crippen molar-refractivity contribution in [2.45, 2.75) is 6.92 Å². The number of nitrogens with zero attached hydrogens (tertiary/aromatic N) is 1. The summed E-state index contributed by atoms with van der Waals surface area (Å²) in [5.41, 5.74) is 4.32. The van der Waals surface area contributed by atoms with Gasteiger partial charge in [0.05, 0.1) is 11.4 Å². The van der Waals surface area contributed by atoms with Gasteiger partial charge >= 0.3 is 6.03 Å². The molecule has 2 N–H and O–H groups in total. The molecular weight excluding hydrogens is 385 g/mol. The Hall–Kier alpha value is -3.51. The minimum Gasteiger partial charge on any atom is -0.308 e. The number of rotatable bonds is 4. The molecular formula is C23H18FN3OS. The second-order valence-corrected chi connectivity index (χ2v) is 7.37. The van der Waals surface area contributed by atoms with Crippen LogP contribution in [-0.4, -0.2) is 11.0 Å². The molecule has 0 aliphatic carbocycles. The highest BCUT2D eigenvalue weighted by atomic mass is 32.1. The lowest BCUT2D eigenvalue weighted by Crippen LogP contribution is -2.19. The van der Waals surface area contributed by atoms with Crippen molar-refractivity contribution in [3.8, 4) is 21.8 Å². The molecule has 0 aliphatic rings. The van der Waals surface area contributed by atoms with Gasteiger partial charge in [0.1, 0.15) is 10.8 Å². The molecule has 0 fully saturated rings. The normalized spacial score (nSPS) is 10.6. The number of hydrogen-bond acceptors (Lipinski definition) is 3. The van der Waals surface area contributed by atoms with E-state index >= 15 is 0 Å². The van der Waals surface area contributed by atoms with E-state index in [-0.39, 0.29) is 11.8 Å².